The van der Waals surface area contributed by atoms with Gasteiger partial charge in [0.05, 0.1) is 5.60 Å². The van der Waals surface area contributed by atoms with Crippen LogP contribution in [0.4, 0.5) is 0 Å². The van der Waals surface area contributed by atoms with Crippen molar-refractivity contribution >= 4 is 0 Å². The number of benzene rings is 1. The van der Waals surface area contributed by atoms with Gasteiger partial charge in [0.15, 0.2) is 0 Å². The van der Waals surface area contributed by atoms with E-state index in [2.05, 4.69) is 39.0 Å². The molecule has 1 aliphatic rings. The number of nitrogens with two attached hydrogens (primary N) is 1. The Bertz CT molecular complexity index is 480. The summed E-state index contributed by atoms with van der Waals surface area (Å²) >= 11 is 0. The van der Waals surface area contributed by atoms with Crippen LogP contribution in [0.25, 0.3) is 0 Å². The summed E-state index contributed by atoms with van der Waals surface area (Å²) in [5.74, 6) is 0.704. The highest BCUT2D eigenvalue weighted by Crippen LogP contribution is 2.53. The minimum absolute atomic E-state index is 0.174. The van der Waals surface area contributed by atoms with Crippen LogP contribution in [0.2, 0.25) is 0 Å². The van der Waals surface area contributed by atoms with Crippen LogP contribution in [0.3, 0.4) is 0 Å². The lowest BCUT2D eigenvalue weighted by Crippen LogP contribution is -2.47. The normalized spacial score (nSPS) is 29.4. The Balaban J connectivity index is 2.44. The van der Waals surface area contributed by atoms with Crippen molar-refractivity contribution in [2.75, 3.05) is 6.54 Å². The van der Waals surface area contributed by atoms with Gasteiger partial charge in [0.1, 0.15) is 0 Å². The maximum absolute atomic E-state index is 11.4. The molecule has 1 fully saturated rings. The van der Waals surface area contributed by atoms with Crippen molar-refractivity contribution in [1.29, 1.82) is 0 Å². The number of hydrogen-bond acceptors (Lipinski definition) is 2. The summed E-state index contributed by atoms with van der Waals surface area (Å²) in [6, 6.07) is 6.34. The van der Waals surface area contributed by atoms with Gasteiger partial charge >= 0.3 is 0 Å². The molecule has 0 radical (unpaired) electrons. The SMILES string of the molecule is CCC1CCC(CN)(C(C)(O)c2cc(C)ccc2C)C1. The van der Waals surface area contributed by atoms with E-state index < -0.39 is 5.60 Å². The average Bonchev–Trinajstić information content (AvgIpc) is 2.86. The highest BCUT2D eigenvalue weighted by atomic mass is 16.3. The van der Waals surface area contributed by atoms with Crippen LogP contribution < -0.4 is 5.73 Å². The van der Waals surface area contributed by atoms with E-state index in [0.29, 0.717) is 12.5 Å². The van der Waals surface area contributed by atoms with E-state index in [1.165, 1.54) is 18.4 Å². The number of rotatable bonds is 4. The van der Waals surface area contributed by atoms with Crippen LogP contribution in [-0.2, 0) is 5.60 Å². The molecule has 2 heteroatoms. The Labute approximate surface area is 123 Å². The summed E-state index contributed by atoms with van der Waals surface area (Å²) in [4.78, 5) is 0. The molecule has 0 amide bonds. The van der Waals surface area contributed by atoms with E-state index in [0.717, 1.165) is 24.0 Å². The summed E-state index contributed by atoms with van der Waals surface area (Å²) < 4.78 is 0. The fourth-order valence-corrected chi connectivity index (χ4v) is 3.96. The van der Waals surface area contributed by atoms with Crippen molar-refractivity contribution in [3.63, 3.8) is 0 Å². The maximum Gasteiger partial charge on any atom is 0.0939 e. The third kappa shape index (κ3) is 2.40. The molecule has 3 N–H and O–H groups in total. The van der Waals surface area contributed by atoms with Crippen LogP contribution in [0.1, 0.15) is 56.2 Å². The fourth-order valence-electron chi connectivity index (χ4n) is 3.96. The molecule has 1 saturated carbocycles. The third-order valence-electron chi connectivity index (χ3n) is 5.63. The van der Waals surface area contributed by atoms with Crippen molar-refractivity contribution in [2.45, 2.75) is 59.0 Å². The van der Waals surface area contributed by atoms with Crippen molar-refractivity contribution in [1.82, 2.24) is 0 Å². The van der Waals surface area contributed by atoms with Crippen molar-refractivity contribution < 1.29 is 5.11 Å². The summed E-state index contributed by atoms with van der Waals surface area (Å²) in [6.45, 7) is 8.94. The zero-order chi connectivity index (χ0) is 15.0. The first-order valence-corrected chi connectivity index (χ1v) is 7.86. The fraction of sp³-hybridized carbons (Fsp3) is 0.667. The lowest BCUT2D eigenvalue weighted by atomic mass is 9.66. The Kier molecular flexibility index (Phi) is 4.27. The van der Waals surface area contributed by atoms with Gasteiger partial charge in [0, 0.05) is 12.0 Å². The summed E-state index contributed by atoms with van der Waals surface area (Å²) in [5, 5.41) is 11.4. The van der Waals surface area contributed by atoms with E-state index >= 15 is 0 Å². The van der Waals surface area contributed by atoms with Gasteiger partial charge in [-0.25, -0.2) is 0 Å². The maximum atomic E-state index is 11.4. The zero-order valence-electron chi connectivity index (χ0n) is 13.4. The minimum Gasteiger partial charge on any atom is -0.385 e. The van der Waals surface area contributed by atoms with Gasteiger partial charge in [-0.15, -0.1) is 0 Å². The third-order valence-corrected chi connectivity index (χ3v) is 5.63. The highest BCUT2D eigenvalue weighted by Gasteiger charge is 2.51. The number of hydrogen-bond donors (Lipinski definition) is 2. The molecule has 1 aliphatic carbocycles. The van der Waals surface area contributed by atoms with E-state index in [1.807, 2.05) is 6.92 Å². The molecule has 1 aromatic rings. The molecular weight excluding hydrogens is 246 g/mol. The van der Waals surface area contributed by atoms with E-state index in [-0.39, 0.29) is 5.41 Å². The van der Waals surface area contributed by atoms with Gasteiger partial charge in [-0.3, -0.25) is 0 Å². The standard InChI is InChI=1S/C18H29NO/c1-5-15-8-9-18(11-15,12-19)17(4,20)16-10-13(2)6-7-14(16)3/h6-7,10,15,20H,5,8-9,11-12,19H2,1-4H3. The molecule has 0 spiro atoms. The molecule has 0 aliphatic heterocycles. The summed E-state index contributed by atoms with van der Waals surface area (Å²) in [5.41, 5.74) is 8.53. The van der Waals surface area contributed by atoms with Crippen molar-refractivity contribution in [2.24, 2.45) is 17.1 Å². The minimum atomic E-state index is -0.845. The molecule has 0 aromatic heterocycles. The largest absolute Gasteiger partial charge is 0.385 e. The van der Waals surface area contributed by atoms with Gasteiger partial charge < -0.3 is 10.8 Å². The van der Waals surface area contributed by atoms with Crippen LogP contribution in [-0.4, -0.2) is 11.7 Å². The molecule has 2 rings (SSSR count). The number of aryl methyl sites for hydroxylation is 2. The van der Waals surface area contributed by atoms with Crippen LogP contribution in [0, 0.1) is 25.2 Å². The predicted octanol–water partition coefficient (Wildman–Crippen LogP) is 3.67. The molecule has 0 saturated heterocycles. The Morgan fingerprint density at radius 1 is 1.40 bits per heavy atom. The first-order chi connectivity index (χ1) is 9.36. The van der Waals surface area contributed by atoms with Crippen LogP contribution in [0.5, 0.6) is 0 Å². The monoisotopic (exact) mass is 275 g/mol. The van der Waals surface area contributed by atoms with Gasteiger partial charge in [-0.1, -0.05) is 37.1 Å². The first-order valence-electron chi connectivity index (χ1n) is 7.86. The van der Waals surface area contributed by atoms with Crippen LogP contribution >= 0.6 is 0 Å². The Morgan fingerprint density at radius 2 is 2.10 bits per heavy atom. The molecule has 3 unspecified atom stereocenters. The quantitative estimate of drug-likeness (QED) is 0.880. The van der Waals surface area contributed by atoms with Crippen LogP contribution in [0.15, 0.2) is 18.2 Å². The second-order valence-electron chi connectivity index (χ2n) is 6.89. The molecule has 0 bridgehead atoms. The molecule has 2 nitrogen and oxygen atoms in total. The molecule has 0 heterocycles. The smallest absolute Gasteiger partial charge is 0.0939 e. The summed E-state index contributed by atoms with van der Waals surface area (Å²) in [6.07, 6.45) is 4.45. The molecule has 20 heavy (non-hydrogen) atoms. The van der Waals surface area contributed by atoms with Gasteiger partial charge in [-0.2, -0.15) is 0 Å². The summed E-state index contributed by atoms with van der Waals surface area (Å²) in [7, 11) is 0. The highest BCUT2D eigenvalue weighted by molar-refractivity contribution is 5.36. The predicted molar refractivity (Wildman–Crippen MR) is 84.6 cm³/mol. The second kappa shape index (κ2) is 5.50. The second-order valence-corrected chi connectivity index (χ2v) is 6.89. The van der Waals surface area contributed by atoms with Crippen molar-refractivity contribution in [3.8, 4) is 0 Å². The van der Waals surface area contributed by atoms with E-state index in [1.54, 1.807) is 0 Å². The topological polar surface area (TPSA) is 46.2 Å². The first kappa shape index (κ1) is 15.5. The molecular formula is C18H29NO. The van der Waals surface area contributed by atoms with Gasteiger partial charge in [-0.05, 0) is 57.1 Å². The molecule has 3 atom stereocenters. The zero-order valence-corrected chi connectivity index (χ0v) is 13.4. The lowest BCUT2D eigenvalue weighted by Gasteiger charge is -2.44. The molecule has 112 valence electrons. The van der Waals surface area contributed by atoms with E-state index in [9.17, 15) is 5.11 Å². The lowest BCUT2D eigenvalue weighted by molar-refractivity contribution is -0.0719. The average molecular weight is 275 g/mol. The number of aliphatic hydroxyl groups is 1. The van der Waals surface area contributed by atoms with Gasteiger partial charge in [0.25, 0.3) is 0 Å². The van der Waals surface area contributed by atoms with Gasteiger partial charge in [0.2, 0.25) is 0 Å². The van der Waals surface area contributed by atoms with Crippen molar-refractivity contribution in [3.05, 3.63) is 34.9 Å². The molecule has 1 aromatic carbocycles. The Morgan fingerprint density at radius 3 is 2.65 bits per heavy atom. The van der Waals surface area contributed by atoms with E-state index in [4.69, 9.17) is 5.73 Å². The Hall–Kier alpha value is -0.860.